The maximum Gasteiger partial charge on any atom is 0.361 e. The van der Waals surface area contributed by atoms with E-state index in [0.29, 0.717) is 22.5 Å². The summed E-state index contributed by atoms with van der Waals surface area (Å²) in [7, 11) is -2.32. The van der Waals surface area contributed by atoms with E-state index >= 15 is 0 Å². The lowest BCUT2D eigenvalue weighted by molar-refractivity contribution is 0.0877. The number of nitrogens with zero attached hydrogens (tertiary/aromatic N) is 6. The van der Waals surface area contributed by atoms with Gasteiger partial charge < -0.3 is 10.2 Å². The summed E-state index contributed by atoms with van der Waals surface area (Å²) in [4.78, 5) is 20.4. The summed E-state index contributed by atoms with van der Waals surface area (Å²) in [5.74, 6) is -0.662. The molecule has 14 heteroatoms. The number of aliphatic hydroxyl groups excluding tert-OH is 2. The Hall–Kier alpha value is -3.49. The number of aromatic nitrogens is 6. The molecule has 12 nitrogen and oxygen atoms in total. The number of nitrogens with one attached hydrogen (secondary N) is 1. The number of halogens is 1. The third-order valence-electron chi connectivity index (χ3n) is 5.32. The molecule has 1 aromatic carbocycles. The standard InChI is InChI=1S/C22H28FN7O5S/c1-13(2)19-18(10-9-16(31)11-17(32)12-30-22(33)26-27-28-30)20(14-5-7-15(23)8-6-14)25-21(24-19)29(3)36(4,34)35/h5-10,13,16-17,31-32H,11-12H2,1-4H3,(H,26,28,33)/b10-9+/t16-,17-/m1/s1. The number of tetrazole rings is 1. The predicted octanol–water partition coefficient (Wildman–Crippen LogP) is 0.907. The molecule has 0 fully saturated rings. The van der Waals surface area contributed by atoms with Gasteiger partial charge in [0.25, 0.3) is 0 Å². The molecule has 3 rings (SSSR count). The van der Waals surface area contributed by atoms with E-state index in [4.69, 9.17) is 0 Å². The quantitative estimate of drug-likeness (QED) is 0.351. The van der Waals surface area contributed by atoms with Gasteiger partial charge in [0, 0.05) is 24.6 Å². The zero-order valence-corrected chi connectivity index (χ0v) is 21.0. The van der Waals surface area contributed by atoms with Crippen LogP contribution >= 0.6 is 0 Å². The van der Waals surface area contributed by atoms with Crippen LogP contribution in [-0.2, 0) is 16.6 Å². The van der Waals surface area contributed by atoms with E-state index in [2.05, 4.69) is 25.5 Å². The summed E-state index contributed by atoms with van der Waals surface area (Å²) < 4.78 is 39.8. The summed E-state index contributed by atoms with van der Waals surface area (Å²) in [6.45, 7) is 3.58. The van der Waals surface area contributed by atoms with Crippen LogP contribution in [0.1, 0.15) is 37.4 Å². The number of aromatic amines is 1. The Balaban J connectivity index is 2.00. The number of hydrogen-bond donors (Lipinski definition) is 3. The molecule has 3 aromatic rings. The second kappa shape index (κ2) is 11.1. The van der Waals surface area contributed by atoms with Gasteiger partial charge in [-0.3, -0.25) is 0 Å². The molecule has 0 aliphatic carbocycles. The van der Waals surface area contributed by atoms with Gasteiger partial charge in [-0.25, -0.2) is 37.0 Å². The highest BCUT2D eigenvalue weighted by molar-refractivity contribution is 7.92. The third-order valence-corrected chi connectivity index (χ3v) is 6.48. The van der Waals surface area contributed by atoms with Gasteiger partial charge in [0.15, 0.2) is 0 Å². The minimum Gasteiger partial charge on any atom is -0.391 e. The van der Waals surface area contributed by atoms with Gasteiger partial charge in [-0.15, -0.1) is 0 Å². The van der Waals surface area contributed by atoms with Gasteiger partial charge in [0.05, 0.1) is 36.4 Å². The van der Waals surface area contributed by atoms with Crippen molar-refractivity contribution >= 4 is 22.0 Å². The molecule has 194 valence electrons. The fourth-order valence-corrected chi connectivity index (χ4v) is 3.75. The van der Waals surface area contributed by atoms with E-state index in [1.54, 1.807) is 6.08 Å². The Morgan fingerprint density at radius 1 is 1.19 bits per heavy atom. The molecule has 0 saturated carbocycles. The van der Waals surface area contributed by atoms with Crippen LogP contribution < -0.4 is 9.99 Å². The minimum absolute atomic E-state index is 0.0494. The number of H-pyrrole nitrogens is 1. The zero-order valence-electron chi connectivity index (χ0n) is 20.2. The summed E-state index contributed by atoms with van der Waals surface area (Å²) in [6.07, 6.45) is 1.75. The molecule has 0 aliphatic rings. The van der Waals surface area contributed by atoms with Crippen molar-refractivity contribution < 1.29 is 23.0 Å². The van der Waals surface area contributed by atoms with E-state index in [0.717, 1.165) is 15.2 Å². The molecule has 3 N–H and O–H groups in total. The maximum absolute atomic E-state index is 13.6. The average molecular weight is 522 g/mol. The first kappa shape index (κ1) is 27.1. The van der Waals surface area contributed by atoms with Crippen LogP contribution in [0, 0.1) is 5.82 Å². The monoisotopic (exact) mass is 521 g/mol. The molecule has 0 spiro atoms. The van der Waals surface area contributed by atoms with E-state index < -0.39 is 33.7 Å². The van der Waals surface area contributed by atoms with E-state index in [1.165, 1.54) is 37.4 Å². The second-order valence-corrected chi connectivity index (χ2v) is 10.6. The molecule has 36 heavy (non-hydrogen) atoms. The van der Waals surface area contributed by atoms with Gasteiger partial charge in [-0.2, -0.15) is 4.68 Å². The Kier molecular flexibility index (Phi) is 8.32. The minimum atomic E-state index is -3.65. The zero-order chi connectivity index (χ0) is 26.6. The van der Waals surface area contributed by atoms with Crippen LogP contribution in [0.15, 0.2) is 35.1 Å². The lowest BCUT2D eigenvalue weighted by Crippen LogP contribution is -2.28. The van der Waals surface area contributed by atoms with E-state index in [9.17, 15) is 27.8 Å². The SMILES string of the molecule is CC(C)c1nc(N(C)S(C)(=O)=O)nc(-c2ccc(F)cc2)c1/C=C/[C@@H](O)C[C@@H](O)Cn1nn[nH]c1=O. The van der Waals surface area contributed by atoms with Crippen LogP contribution in [0.3, 0.4) is 0 Å². The van der Waals surface area contributed by atoms with Crippen molar-refractivity contribution in [2.75, 3.05) is 17.6 Å². The van der Waals surface area contributed by atoms with Crippen molar-refractivity contribution in [3.8, 4) is 11.3 Å². The third kappa shape index (κ3) is 6.59. The van der Waals surface area contributed by atoms with Crippen LogP contribution in [-0.4, -0.2) is 74.3 Å². The lowest BCUT2D eigenvalue weighted by atomic mass is 9.97. The summed E-state index contributed by atoms with van der Waals surface area (Å²) in [6, 6.07) is 5.55. The van der Waals surface area contributed by atoms with Crippen LogP contribution in [0.25, 0.3) is 17.3 Å². The molecule has 2 heterocycles. The number of aliphatic hydroxyl groups is 2. The van der Waals surface area contributed by atoms with Gasteiger partial charge in [0.1, 0.15) is 5.82 Å². The Bertz CT molecular complexity index is 1390. The summed E-state index contributed by atoms with van der Waals surface area (Å²) in [5.41, 5.74) is 1.29. The van der Waals surface area contributed by atoms with Gasteiger partial charge >= 0.3 is 5.69 Å². The van der Waals surface area contributed by atoms with Gasteiger partial charge in [-0.1, -0.05) is 26.0 Å². The van der Waals surface area contributed by atoms with Gasteiger partial charge in [-0.05, 0) is 40.6 Å². The first-order chi connectivity index (χ1) is 16.9. The normalized spacial score (nSPS) is 13.9. The summed E-state index contributed by atoms with van der Waals surface area (Å²) >= 11 is 0. The van der Waals surface area contributed by atoms with Gasteiger partial charge in [0.2, 0.25) is 16.0 Å². The smallest absolute Gasteiger partial charge is 0.361 e. The molecule has 0 bridgehead atoms. The van der Waals surface area contributed by atoms with Crippen molar-refractivity contribution in [3.63, 3.8) is 0 Å². The molecule has 0 saturated heterocycles. The molecule has 2 aromatic heterocycles. The van der Waals surface area contributed by atoms with Crippen molar-refractivity contribution in [1.82, 2.24) is 30.2 Å². The first-order valence-corrected chi connectivity index (χ1v) is 12.9. The Labute approximate surface area is 207 Å². The topological polar surface area (TPSA) is 167 Å². The molecule has 0 aliphatic heterocycles. The van der Waals surface area contributed by atoms with E-state index in [1.807, 2.05) is 13.8 Å². The summed E-state index contributed by atoms with van der Waals surface area (Å²) in [5, 5.41) is 29.7. The van der Waals surface area contributed by atoms with Crippen molar-refractivity contribution in [1.29, 1.82) is 0 Å². The highest BCUT2D eigenvalue weighted by atomic mass is 32.2. The number of benzene rings is 1. The Morgan fingerprint density at radius 2 is 1.86 bits per heavy atom. The number of hydrogen-bond acceptors (Lipinski definition) is 9. The van der Waals surface area contributed by atoms with Crippen LogP contribution in [0.4, 0.5) is 10.3 Å². The molecule has 2 atom stereocenters. The van der Waals surface area contributed by atoms with Crippen LogP contribution in [0.5, 0.6) is 0 Å². The predicted molar refractivity (Wildman–Crippen MR) is 131 cm³/mol. The highest BCUT2D eigenvalue weighted by Gasteiger charge is 2.22. The first-order valence-electron chi connectivity index (χ1n) is 11.0. The number of sulfonamides is 1. The second-order valence-electron chi connectivity index (χ2n) is 8.57. The maximum atomic E-state index is 13.6. The van der Waals surface area contributed by atoms with Crippen molar-refractivity contribution in [2.45, 2.75) is 44.9 Å². The number of rotatable bonds is 10. The molecular weight excluding hydrogens is 493 g/mol. The highest BCUT2D eigenvalue weighted by Crippen LogP contribution is 2.31. The van der Waals surface area contributed by atoms with E-state index in [-0.39, 0.29) is 24.8 Å². The molecule has 0 radical (unpaired) electrons. The lowest BCUT2D eigenvalue weighted by Gasteiger charge is -2.20. The fourth-order valence-electron chi connectivity index (χ4n) is 3.37. The number of anilines is 1. The fraction of sp³-hybridized carbons (Fsp3) is 0.409. The average Bonchev–Trinajstić information content (AvgIpc) is 3.20. The van der Waals surface area contributed by atoms with Crippen LogP contribution in [0.2, 0.25) is 0 Å². The Morgan fingerprint density at radius 3 is 2.42 bits per heavy atom. The molecule has 0 amide bonds. The largest absolute Gasteiger partial charge is 0.391 e. The van der Waals surface area contributed by atoms with Crippen molar-refractivity contribution in [2.24, 2.45) is 0 Å². The van der Waals surface area contributed by atoms with Crippen molar-refractivity contribution in [3.05, 3.63) is 57.9 Å². The molecular formula is C22H28FN7O5S. The molecule has 0 unspecified atom stereocenters.